The van der Waals surface area contributed by atoms with E-state index in [2.05, 4.69) is 191 Å². The third-order valence-electron chi connectivity index (χ3n) is 9.92. The molecule has 0 unspecified atom stereocenters. The van der Waals surface area contributed by atoms with Crippen LogP contribution in [0.1, 0.15) is 0 Å². The van der Waals surface area contributed by atoms with Crippen molar-refractivity contribution < 1.29 is 0 Å². The van der Waals surface area contributed by atoms with Crippen molar-refractivity contribution in [2.24, 2.45) is 0 Å². The average Bonchev–Trinajstić information content (AvgIpc) is 3.67. The van der Waals surface area contributed by atoms with Gasteiger partial charge in [-0.2, -0.15) is 0 Å². The quantitative estimate of drug-likeness (QED) is 0.188. The molecule has 0 aliphatic heterocycles. The average molecular weight is 611 g/mol. The van der Waals surface area contributed by atoms with E-state index in [1.807, 2.05) is 0 Å². The molecule has 2 heteroatoms. The molecule has 0 saturated carbocycles. The molecule has 10 rings (SSSR count). The van der Waals surface area contributed by atoms with Gasteiger partial charge in [0.1, 0.15) is 0 Å². The summed E-state index contributed by atoms with van der Waals surface area (Å²) in [7, 11) is 0. The highest BCUT2D eigenvalue weighted by molar-refractivity contribution is 6.12. The van der Waals surface area contributed by atoms with E-state index in [0.29, 0.717) is 0 Å². The molecule has 0 aliphatic carbocycles. The maximum absolute atomic E-state index is 2.40. The minimum Gasteiger partial charge on any atom is -0.309 e. The molecule has 0 atom stereocenters. The van der Waals surface area contributed by atoms with Crippen LogP contribution in [0.15, 0.2) is 182 Å². The van der Waals surface area contributed by atoms with Crippen molar-refractivity contribution in [1.29, 1.82) is 0 Å². The summed E-state index contributed by atoms with van der Waals surface area (Å²) in [5.74, 6) is 0. The number of nitrogens with zero attached hydrogens (tertiary/aromatic N) is 2. The summed E-state index contributed by atoms with van der Waals surface area (Å²) in [6, 6.07) is 66.2. The summed E-state index contributed by atoms with van der Waals surface area (Å²) in [5.41, 5.74) is 12.1. The van der Waals surface area contributed by atoms with Gasteiger partial charge in [-0.1, -0.05) is 121 Å². The molecule has 2 heterocycles. The molecule has 0 fully saturated rings. The Morgan fingerprint density at radius 2 is 0.729 bits per heavy atom. The minimum atomic E-state index is 1.16. The van der Waals surface area contributed by atoms with Gasteiger partial charge in [-0.05, 0) is 93.7 Å². The van der Waals surface area contributed by atoms with E-state index in [0.717, 1.165) is 5.69 Å². The molecule has 10 aromatic rings. The van der Waals surface area contributed by atoms with E-state index in [1.165, 1.54) is 82.3 Å². The maximum Gasteiger partial charge on any atom is 0.0541 e. The molecular weight excluding hydrogens is 581 g/mol. The Hall–Kier alpha value is -6.38. The second kappa shape index (κ2) is 10.6. The lowest BCUT2D eigenvalue weighted by Crippen LogP contribution is -1.94. The van der Waals surface area contributed by atoms with Crippen molar-refractivity contribution in [3.63, 3.8) is 0 Å². The van der Waals surface area contributed by atoms with Crippen molar-refractivity contribution in [1.82, 2.24) is 9.13 Å². The van der Waals surface area contributed by atoms with E-state index in [1.54, 1.807) is 0 Å². The van der Waals surface area contributed by atoms with Crippen LogP contribution < -0.4 is 0 Å². The lowest BCUT2D eigenvalue weighted by atomic mass is 9.98. The lowest BCUT2D eigenvalue weighted by Gasteiger charge is -2.11. The van der Waals surface area contributed by atoms with Crippen LogP contribution in [0, 0.1) is 0 Å². The summed E-state index contributed by atoms with van der Waals surface area (Å²) in [4.78, 5) is 0. The Morgan fingerprint density at radius 3 is 1.35 bits per heavy atom. The zero-order valence-electron chi connectivity index (χ0n) is 26.2. The zero-order chi connectivity index (χ0) is 31.6. The Labute approximate surface area is 278 Å². The van der Waals surface area contributed by atoms with Gasteiger partial charge in [0, 0.05) is 32.9 Å². The van der Waals surface area contributed by atoms with Crippen LogP contribution >= 0.6 is 0 Å². The van der Waals surface area contributed by atoms with Crippen LogP contribution in [0.25, 0.3) is 88.0 Å². The summed E-state index contributed by atoms with van der Waals surface area (Å²) in [6.07, 6.45) is 0. The van der Waals surface area contributed by atoms with Crippen molar-refractivity contribution in [3.8, 4) is 33.6 Å². The van der Waals surface area contributed by atoms with Gasteiger partial charge in [-0.25, -0.2) is 0 Å². The normalized spacial score (nSPS) is 11.8. The predicted molar refractivity (Wildman–Crippen MR) is 203 cm³/mol. The first kappa shape index (κ1) is 26.8. The monoisotopic (exact) mass is 610 g/mol. The molecule has 224 valence electrons. The number of fused-ring (bicyclic) bond motifs is 7. The van der Waals surface area contributed by atoms with Crippen LogP contribution in [0.5, 0.6) is 0 Å². The highest BCUT2D eigenvalue weighted by atomic mass is 15.0. The zero-order valence-corrected chi connectivity index (χ0v) is 26.2. The number of hydrogen-bond donors (Lipinski definition) is 0. The number of aromatic nitrogens is 2. The summed E-state index contributed by atoms with van der Waals surface area (Å²) < 4.78 is 4.77. The van der Waals surface area contributed by atoms with Crippen molar-refractivity contribution in [2.45, 2.75) is 0 Å². The first-order valence-electron chi connectivity index (χ1n) is 16.5. The second-order valence-electron chi connectivity index (χ2n) is 12.6. The van der Waals surface area contributed by atoms with Gasteiger partial charge in [-0.15, -0.1) is 0 Å². The minimum absolute atomic E-state index is 1.16. The van der Waals surface area contributed by atoms with Crippen LogP contribution in [0.4, 0.5) is 0 Å². The third kappa shape index (κ3) is 4.06. The smallest absolute Gasteiger partial charge is 0.0541 e. The SMILES string of the molecule is c1ccc(-n2c3ccccc3c3cc(-c4ccc5c(c4)c4ccccc4n5-c4ccc(-c5cccc6ccccc56)cc4)ccc32)cc1. The summed E-state index contributed by atoms with van der Waals surface area (Å²) in [5, 5.41) is 7.59. The molecule has 2 nitrogen and oxygen atoms in total. The molecule has 0 aliphatic rings. The highest BCUT2D eigenvalue weighted by Crippen LogP contribution is 2.38. The number of para-hydroxylation sites is 3. The largest absolute Gasteiger partial charge is 0.309 e. The first-order chi connectivity index (χ1) is 23.8. The number of rotatable bonds is 4. The Morgan fingerprint density at radius 1 is 0.271 bits per heavy atom. The third-order valence-corrected chi connectivity index (χ3v) is 9.92. The van der Waals surface area contributed by atoms with Gasteiger partial charge >= 0.3 is 0 Å². The maximum atomic E-state index is 2.40. The molecular formula is C46H30N2. The fourth-order valence-corrected chi connectivity index (χ4v) is 7.71. The molecule has 0 N–H and O–H groups in total. The molecule has 0 bridgehead atoms. The van der Waals surface area contributed by atoms with Gasteiger partial charge < -0.3 is 9.13 Å². The van der Waals surface area contributed by atoms with Gasteiger partial charge in [0.25, 0.3) is 0 Å². The molecule has 48 heavy (non-hydrogen) atoms. The van der Waals surface area contributed by atoms with Crippen LogP contribution in [-0.4, -0.2) is 9.13 Å². The van der Waals surface area contributed by atoms with Gasteiger partial charge in [-0.3, -0.25) is 0 Å². The van der Waals surface area contributed by atoms with Crippen LogP contribution in [0.3, 0.4) is 0 Å². The Bertz CT molecular complexity index is 2810. The fourth-order valence-electron chi connectivity index (χ4n) is 7.71. The van der Waals surface area contributed by atoms with E-state index in [9.17, 15) is 0 Å². The van der Waals surface area contributed by atoms with Crippen LogP contribution in [-0.2, 0) is 0 Å². The number of benzene rings is 8. The predicted octanol–water partition coefficient (Wildman–Crippen LogP) is 12.4. The Balaban J connectivity index is 1.11. The van der Waals surface area contributed by atoms with Crippen molar-refractivity contribution >= 4 is 54.4 Å². The summed E-state index contributed by atoms with van der Waals surface area (Å²) >= 11 is 0. The van der Waals surface area contributed by atoms with Crippen LogP contribution in [0.2, 0.25) is 0 Å². The van der Waals surface area contributed by atoms with E-state index in [-0.39, 0.29) is 0 Å². The topological polar surface area (TPSA) is 9.86 Å². The van der Waals surface area contributed by atoms with Crippen molar-refractivity contribution in [3.05, 3.63) is 182 Å². The first-order valence-corrected chi connectivity index (χ1v) is 16.5. The Kier molecular flexibility index (Phi) is 5.91. The fraction of sp³-hybridized carbons (Fsp3) is 0. The van der Waals surface area contributed by atoms with Crippen molar-refractivity contribution in [2.75, 3.05) is 0 Å². The van der Waals surface area contributed by atoms with E-state index in [4.69, 9.17) is 0 Å². The highest BCUT2D eigenvalue weighted by Gasteiger charge is 2.16. The lowest BCUT2D eigenvalue weighted by molar-refractivity contribution is 1.18. The molecule has 8 aromatic carbocycles. The molecule has 0 spiro atoms. The number of hydrogen-bond acceptors (Lipinski definition) is 0. The van der Waals surface area contributed by atoms with Gasteiger partial charge in [0.05, 0.1) is 22.1 Å². The van der Waals surface area contributed by atoms with E-state index >= 15 is 0 Å². The molecule has 0 saturated heterocycles. The summed E-state index contributed by atoms with van der Waals surface area (Å²) in [6.45, 7) is 0. The standard InChI is InChI=1S/C46H30N2/c1-2-13-35(14-3-1)47-43-19-8-6-16-39(43)41-29-33(23-27-45(41)47)34-24-28-46-42(30-34)40-17-7-9-20-44(40)48(46)36-25-21-32(22-26-36)38-18-10-12-31-11-4-5-15-37(31)38/h1-30H. The van der Waals surface area contributed by atoms with Gasteiger partial charge in [0.2, 0.25) is 0 Å². The molecule has 0 radical (unpaired) electrons. The molecule has 0 amide bonds. The van der Waals surface area contributed by atoms with E-state index < -0.39 is 0 Å². The molecule has 2 aromatic heterocycles. The second-order valence-corrected chi connectivity index (χ2v) is 12.6. The van der Waals surface area contributed by atoms with Gasteiger partial charge in [0.15, 0.2) is 0 Å².